The first-order valence-electron chi connectivity index (χ1n) is 11.0. The lowest BCUT2D eigenvalue weighted by Crippen LogP contribution is -2.50. The molecule has 2 aromatic carbocycles. The molecule has 168 valence electrons. The molecule has 2 unspecified atom stereocenters. The van der Waals surface area contributed by atoms with Gasteiger partial charge in [0.2, 0.25) is 0 Å². The van der Waals surface area contributed by atoms with Crippen molar-refractivity contribution in [1.29, 1.82) is 0 Å². The Morgan fingerprint density at radius 3 is 2.69 bits per heavy atom. The molecule has 1 fully saturated rings. The average Bonchev–Trinajstić information content (AvgIpc) is 3.26. The van der Waals surface area contributed by atoms with E-state index in [0.717, 1.165) is 36.9 Å². The SMILES string of the molecule is CN=C(NCc1nccn1CCc1ccccc1)N1CC(C)OC(c2ccc(F)cc2)C1. The molecule has 1 saturated heterocycles. The molecule has 0 bridgehead atoms. The Bertz CT molecular complexity index is 1020. The lowest BCUT2D eigenvalue weighted by molar-refractivity contribution is -0.0605. The van der Waals surface area contributed by atoms with Crippen LogP contribution in [0.15, 0.2) is 72.0 Å². The number of benzene rings is 2. The van der Waals surface area contributed by atoms with Crippen LogP contribution in [-0.2, 0) is 24.2 Å². The molecule has 0 aliphatic carbocycles. The van der Waals surface area contributed by atoms with E-state index >= 15 is 0 Å². The summed E-state index contributed by atoms with van der Waals surface area (Å²) in [4.78, 5) is 11.2. The van der Waals surface area contributed by atoms with E-state index in [4.69, 9.17) is 4.74 Å². The Balaban J connectivity index is 1.37. The van der Waals surface area contributed by atoms with Gasteiger partial charge < -0.3 is 19.5 Å². The number of nitrogens with zero attached hydrogens (tertiary/aromatic N) is 4. The highest BCUT2D eigenvalue weighted by Crippen LogP contribution is 2.25. The van der Waals surface area contributed by atoms with E-state index in [-0.39, 0.29) is 18.0 Å². The predicted molar refractivity (Wildman–Crippen MR) is 124 cm³/mol. The fourth-order valence-corrected chi connectivity index (χ4v) is 4.08. The molecule has 7 heteroatoms. The number of imidazole rings is 1. The smallest absolute Gasteiger partial charge is 0.194 e. The van der Waals surface area contributed by atoms with E-state index in [1.165, 1.54) is 17.7 Å². The quantitative estimate of drug-likeness (QED) is 0.473. The Labute approximate surface area is 188 Å². The van der Waals surface area contributed by atoms with Crippen LogP contribution in [0, 0.1) is 5.82 Å². The number of hydrogen-bond acceptors (Lipinski definition) is 3. The Morgan fingerprint density at radius 1 is 1.16 bits per heavy atom. The number of guanidine groups is 1. The zero-order valence-electron chi connectivity index (χ0n) is 18.6. The third kappa shape index (κ3) is 5.53. The van der Waals surface area contributed by atoms with Gasteiger partial charge in [0.05, 0.1) is 19.2 Å². The van der Waals surface area contributed by atoms with Crippen molar-refractivity contribution in [2.75, 3.05) is 20.1 Å². The minimum Gasteiger partial charge on any atom is -0.367 e. The minimum atomic E-state index is -0.241. The summed E-state index contributed by atoms with van der Waals surface area (Å²) >= 11 is 0. The highest BCUT2D eigenvalue weighted by molar-refractivity contribution is 5.80. The molecule has 1 aliphatic heterocycles. The van der Waals surface area contributed by atoms with Gasteiger partial charge in [-0.3, -0.25) is 4.99 Å². The van der Waals surface area contributed by atoms with Crippen molar-refractivity contribution in [2.24, 2.45) is 4.99 Å². The maximum Gasteiger partial charge on any atom is 0.194 e. The van der Waals surface area contributed by atoms with Crippen LogP contribution in [0.2, 0.25) is 0 Å². The molecule has 0 spiro atoms. The molecule has 0 saturated carbocycles. The van der Waals surface area contributed by atoms with Crippen LogP contribution in [0.25, 0.3) is 0 Å². The van der Waals surface area contributed by atoms with Crippen molar-refractivity contribution in [2.45, 2.75) is 38.6 Å². The summed E-state index contributed by atoms with van der Waals surface area (Å²) < 4.78 is 21.6. The second kappa shape index (κ2) is 10.4. The number of halogens is 1. The second-order valence-electron chi connectivity index (χ2n) is 8.07. The maximum absolute atomic E-state index is 13.3. The normalized spacial score (nSPS) is 19.2. The van der Waals surface area contributed by atoms with Crippen molar-refractivity contribution < 1.29 is 9.13 Å². The van der Waals surface area contributed by atoms with Gasteiger partial charge >= 0.3 is 0 Å². The number of morpholine rings is 1. The summed E-state index contributed by atoms with van der Waals surface area (Å²) in [6.45, 7) is 4.90. The van der Waals surface area contributed by atoms with Gasteiger partial charge in [0.1, 0.15) is 17.7 Å². The minimum absolute atomic E-state index is 0.0326. The Morgan fingerprint density at radius 2 is 1.94 bits per heavy atom. The number of aliphatic imine (C=N–C) groups is 1. The first kappa shape index (κ1) is 22.0. The summed E-state index contributed by atoms with van der Waals surface area (Å²) in [6.07, 6.45) is 4.71. The zero-order valence-corrected chi connectivity index (χ0v) is 18.6. The van der Waals surface area contributed by atoms with Gasteiger partial charge in [-0.25, -0.2) is 9.37 Å². The molecule has 0 radical (unpaired) electrons. The molecule has 2 atom stereocenters. The molecule has 1 N–H and O–H groups in total. The lowest BCUT2D eigenvalue weighted by Gasteiger charge is -2.38. The van der Waals surface area contributed by atoms with Gasteiger partial charge in [0, 0.05) is 32.5 Å². The monoisotopic (exact) mass is 435 g/mol. The highest BCUT2D eigenvalue weighted by atomic mass is 19.1. The number of aryl methyl sites for hydroxylation is 2. The van der Waals surface area contributed by atoms with Gasteiger partial charge in [-0.1, -0.05) is 42.5 Å². The van der Waals surface area contributed by atoms with E-state index in [0.29, 0.717) is 13.1 Å². The summed E-state index contributed by atoms with van der Waals surface area (Å²) in [5, 5.41) is 3.46. The molecular formula is C25H30FN5O. The molecule has 4 rings (SSSR count). The molecule has 0 amide bonds. The topological polar surface area (TPSA) is 54.7 Å². The summed E-state index contributed by atoms with van der Waals surface area (Å²) in [7, 11) is 1.79. The molecule has 1 aromatic heterocycles. The van der Waals surface area contributed by atoms with Gasteiger partial charge in [-0.2, -0.15) is 0 Å². The van der Waals surface area contributed by atoms with Crippen LogP contribution >= 0.6 is 0 Å². The molecule has 6 nitrogen and oxygen atoms in total. The van der Waals surface area contributed by atoms with Crippen molar-refractivity contribution in [3.63, 3.8) is 0 Å². The van der Waals surface area contributed by atoms with E-state index in [2.05, 4.69) is 49.0 Å². The summed E-state index contributed by atoms with van der Waals surface area (Å²) in [5.74, 6) is 1.54. The van der Waals surface area contributed by atoms with Crippen molar-refractivity contribution in [3.05, 3.63) is 89.8 Å². The van der Waals surface area contributed by atoms with Crippen LogP contribution in [-0.4, -0.2) is 46.7 Å². The molecule has 32 heavy (non-hydrogen) atoms. The van der Waals surface area contributed by atoms with Gasteiger partial charge in [-0.15, -0.1) is 0 Å². The molecule has 2 heterocycles. The van der Waals surface area contributed by atoms with Gasteiger partial charge in [0.15, 0.2) is 5.96 Å². The van der Waals surface area contributed by atoms with Gasteiger partial charge in [-0.05, 0) is 36.6 Å². The number of aromatic nitrogens is 2. The molecular weight excluding hydrogens is 405 g/mol. The predicted octanol–water partition coefficient (Wildman–Crippen LogP) is 3.80. The maximum atomic E-state index is 13.3. The van der Waals surface area contributed by atoms with Crippen LogP contribution in [0.3, 0.4) is 0 Å². The van der Waals surface area contributed by atoms with E-state index in [9.17, 15) is 4.39 Å². The van der Waals surface area contributed by atoms with Crippen molar-refractivity contribution in [1.82, 2.24) is 19.8 Å². The molecule has 1 aliphatic rings. The lowest BCUT2D eigenvalue weighted by atomic mass is 10.1. The van der Waals surface area contributed by atoms with Gasteiger partial charge in [0.25, 0.3) is 0 Å². The van der Waals surface area contributed by atoms with E-state index in [1.807, 2.05) is 25.4 Å². The number of rotatable bonds is 6. The average molecular weight is 436 g/mol. The van der Waals surface area contributed by atoms with E-state index in [1.54, 1.807) is 19.2 Å². The fraction of sp³-hybridized carbons (Fsp3) is 0.360. The summed E-state index contributed by atoms with van der Waals surface area (Å²) in [5.41, 5.74) is 2.28. The van der Waals surface area contributed by atoms with Crippen LogP contribution in [0.1, 0.15) is 30.0 Å². The number of nitrogens with one attached hydrogen (secondary N) is 1. The third-order valence-corrected chi connectivity index (χ3v) is 5.70. The van der Waals surface area contributed by atoms with Crippen molar-refractivity contribution >= 4 is 5.96 Å². The third-order valence-electron chi connectivity index (χ3n) is 5.70. The Kier molecular flexibility index (Phi) is 7.17. The first-order valence-corrected chi connectivity index (χ1v) is 11.0. The molecule has 3 aromatic rings. The van der Waals surface area contributed by atoms with Crippen LogP contribution < -0.4 is 5.32 Å². The highest BCUT2D eigenvalue weighted by Gasteiger charge is 2.28. The second-order valence-corrected chi connectivity index (χ2v) is 8.07. The standard InChI is InChI=1S/C25H30FN5O/c1-19-17-31(18-23(32-19)21-8-10-22(26)11-9-21)25(27-2)29-16-24-28-13-15-30(24)14-12-20-6-4-3-5-7-20/h3-11,13,15,19,23H,12,14,16-18H2,1-2H3,(H,27,29). The fourth-order valence-electron chi connectivity index (χ4n) is 4.08. The van der Waals surface area contributed by atoms with Crippen LogP contribution in [0.4, 0.5) is 4.39 Å². The van der Waals surface area contributed by atoms with Crippen LogP contribution in [0.5, 0.6) is 0 Å². The first-order chi connectivity index (χ1) is 15.6. The Hall–Kier alpha value is -3.19. The van der Waals surface area contributed by atoms with E-state index < -0.39 is 0 Å². The number of ether oxygens (including phenoxy) is 1. The summed E-state index contributed by atoms with van der Waals surface area (Å²) in [6, 6.07) is 17.0. The number of hydrogen-bond donors (Lipinski definition) is 1. The largest absolute Gasteiger partial charge is 0.367 e. The van der Waals surface area contributed by atoms with Crippen molar-refractivity contribution in [3.8, 4) is 0 Å². The zero-order chi connectivity index (χ0) is 22.3.